The predicted octanol–water partition coefficient (Wildman–Crippen LogP) is 13.1. The van der Waals surface area contributed by atoms with Crippen molar-refractivity contribution in [1.29, 1.82) is 0 Å². The molecule has 3 nitrogen and oxygen atoms in total. The molecule has 0 saturated carbocycles. The minimum Gasteiger partial charge on any atom is -0.457 e. The van der Waals surface area contributed by atoms with Gasteiger partial charge in [0.25, 0.3) is 0 Å². The Kier molecular flexibility index (Phi) is 9.23. The lowest BCUT2D eigenvalue weighted by atomic mass is 9.88. The molecule has 0 unspecified atom stereocenters. The number of aryl methyl sites for hydroxylation is 3. The molecule has 6 aromatic carbocycles. The van der Waals surface area contributed by atoms with Crippen molar-refractivity contribution in [3.05, 3.63) is 191 Å². The fourth-order valence-corrected chi connectivity index (χ4v) is 8.88. The van der Waals surface area contributed by atoms with Gasteiger partial charge in [0.05, 0.1) is 21.8 Å². The quantitative estimate of drug-likeness (QED) is 0.150. The summed E-state index contributed by atoms with van der Waals surface area (Å²) in [6.45, 7) is 6.53. The van der Waals surface area contributed by atoms with Crippen molar-refractivity contribution < 1.29 is 4.74 Å². The number of aromatic nitrogens is 2. The van der Waals surface area contributed by atoms with E-state index in [1.807, 2.05) is 24.4 Å². The van der Waals surface area contributed by atoms with Gasteiger partial charge in [0, 0.05) is 21.6 Å². The van der Waals surface area contributed by atoms with Gasteiger partial charge in [-0.2, -0.15) is 0 Å². The number of rotatable bonds is 9. The molecule has 0 aliphatic carbocycles. The van der Waals surface area contributed by atoms with Crippen LogP contribution in [0.3, 0.4) is 0 Å². The molecule has 0 amide bonds. The van der Waals surface area contributed by atoms with Crippen LogP contribution in [0.2, 0.25) is 0 Å². The Morgan fingerprint density at radius 2 is 1.37 bits per heavy atom. The highest BCUT2D eigenvalue weighted by Crippen LogP contribution is 2.42. The summed E-state index contributed by atoms with van der Waals surface area (Å²) in [6.07, 6.45) is 1.87. The van der Waals surface area contributed by atoms with Gasteiger partial charge in [-0.15, -0.1) is 11.3 Å². The number of nitrogens with zero attached hydrogens (tertiary/aromatic N) is 2. The summed E-state index contributed by atoms with van der Waals surface area (Å²) in [4.78, 5) is 12.3. The predicted molar refractivity (Wildman–Crippen MR) is 213 cm³/mol. The molecule has 0 saturated heterocycles. The monoisotopic (exact) mass is 696 g/mol. The minimum atomic E-state index is -0.0929. The molecule has 0 bridgehead atoms. The molecule has 8 aromatic rings. The Balaban J connectivity index is 1.22. The van der Waals surface area contributed by atoms with Crippen molar-refractivity contribution in [2.45, 2.75) is 36.5 Å². The molecule has 0 spiro atoms. The van der Waals surface area contributed by atoms with E-state index in [9.17, 15) is 0 Å². The van der Waals surface area contributed by atoms with E-state index in [1.165, 1.54) is 42.3 Å². The maximum atomic E-state index is 6.82. The number of benzene rings is 6. The average Bonchev–Trinajstić information content (AvgIpc) is 3.58. The Bertz CT molecular complexity index is 2420. The number of ether oxygens (including phenoxy) is 1. The molecule has 8 rings (SSSR count). The molecule has 1 atom stereocenters. The van der Waals surface area contributed by atoms with Crippen LogP contribution in [0.5, 0.6) is 11.5 Å². The van der Waals surface area contributed by atoms with Gasteiger partial charge in [0.15, 0.2) is 0 Å². The smallest absolute Gasteiger partial charge is 0.128 e. The van der Waals surface area contributed by atoms with Gasteiger partial charge >= 0.3 is 0 Å². The highest BCUT2D eigenvalue weighted by Gasteiger charge is 2.22. The third-order valence-electron chi connectivity index (χ3n) is 9.02. The van der Waals surface area contributed by atoms with Crippen LogP contribution in [0.1, 0.15) is 39.4 Å². The van der Waals surface area contributed by atoms with Gasteiger partial charge in [-0.3, -0.25) is 4.98 Å². The van der Waals surface area contributed by atoms with Crippen LogP contribution in [0.25, 0.3) is 31.9 Å². The van der Waals surface area contributed by atoms with Crippen molar-refractivity contribution in [2.75, 3.05) is 0 Å². The van der Waals surface area contributed by atoms with E-state index in [1.54, 1.807) is 23.1 Å². The largest absolute Gasteiger partial charge is 0.457 e. The minimum absolute atomic E-state index is 0.0929. The van der Waals surface area contributed by atoms with Gasteiger partial charge < -0.3 is 4.74 Å². The maximum absolute atomic E-state index is 6.82. The molecule has 0 radical (unpaired) electrons. The summed E-state index contributed by atoms with van der Waals surface area (Å²) in [5.74, 6) is 1.45. The number of fused-ring (bicyclic) bond motifs is 1. The van der Waals surface area contributed by atoms with E-state index >= 15 is 0 Å². The van der Waals surface area contributed by atoms with E-state index in [2.05, 4.69) is 154 Å². The van der Waals surface area contributed by atoms with Crippen molar-refractivity contribution in [3.63, 3.8) is 0 Å². The highest BCUT2D eigenvalue weighted by atomic mass is 32.2. The zero-order chi connectivity index (χ0) is 34.7. The topological polar surface area (TPSA) is 35.0 Å². The lowest BCUT2D eigenvalue weighted by Gasteiger charge is -2.21. The van der Waals surface area contributed by atoms with Crippen LogP contribution in [0.4, 0.5) is 0 Å². The van der Waals surface area contributed by atoms with E-state index < -0.39 is 0 Å². The lowest BCUT2D eigenvalue weighted by Crippen LogP contribution is -2.07. The van der Waals surface area contributed by atoms with E-state index in [0.29, 0.717) is 0 Å². The molecule has 51 heavy (non-hydrogen) atoms. The Morgan fingerprint density at radius 1 is 0.627 bits per heavy atom. The van der Waals surface area contributed by atoms with Crippen LogP contribution in [0, 0.1) is 20.8 Å². The van der Waals surface area contributed by atoms with E-state index in [-0.39, 0.29) is 5.92 Å². The normalized spacial score (nSPS) is 11.8. The zero-order valence-corrected chi connectivity index (χ0v) is 30.3. The lowest BCUT2D eigenvalue weighted by molar-refractivity contribution is 0.482. The second-order valence-electron chi connectivity index (χ2n) is 12.8. The fraction of sp³-hybridized carbons (Fsp3) is 0.0870. The van der Waals surface area contributed by atoms with Crippen molar-refractivity contribution in [3.8, 4) is 33.2 Å². The zero-order valence-electron chi connectivity index (χ0n) is 28.7. The molecule has 2 heterocycles. The van der Waals surface area contributed by atoms with Crippen LogP contribution in [-0.4, -0.2) is 9.97 Å². The van der Waals surface area contributed by atoms with Gasteiger partial charge in [-0.1, -0.05) is 96.2 Å². The van der Waals surface area contributed by atoms with Crippen LogP contribution in [0.15, 0.2) is 168 Å². The Morgan fingerprint density at radius 3 is 2.18 bits per heavy atom. The van der Waals surface area contributed by atoms with Crippen molar-refractivity contribution >= 4 is 33.3 Å². The third kappa shape index (κ3) is 7.09. The first-order valence-electron chi connectivity index (χ1n) is 17.1. The number of thiazole rings is 1. The average molecular weight is 697 g/mol. The van der Waals surface area contributed by atoms with Gasteiger partial charge in [0.2, 0.25) is 0 Å². The Hall–Kier alpha value is -5.49. The second kappa shape index (κ2) is 14.4. The first-order valence-corrected chi connectivity index (χ1v) is 18.7. The van der Waals surface area contributed by atoms with Crippen LogP contribution >= 0.6 is 23.1 Å². The number of hydrogen-bond acceptors (Lipinski definition) is 5. The molecule has 0 fully saturated rings. The van der Waals surface area contributed by atoms with Gasteiger partial charge in [-0.05, 0) is 127 Å². The van der Waals surface area contributed by atoms with Gasteiger partial charge in [0.1, 0.15) is 16.5 Å². The third-order valence-corrected chi connectivity index (χ3v) is 11.2. The molecule has 2 aromatic heterocycles. The Labute approximate surface area is 307 Å². The molecule has 0 N–H and O–H groups in total. The number of pyridine rings is 1. The summed E-state index contributed by atoms with van der Waals surface area (Å²) in [6, 6.07) is 53.1. The van der Waals surface area contributed by atoms with Crippen LogP contribution < -0.4 is 4.74 Å². The van der Waals surface area contributed by atoms with E-state index in [0.717, 1.165) is 44.4 Å². The van der Waals surface area contributed by atoms with E-state index in [4.69, 9.17) is 14.7 Å². The first kappa shape index (κ1) is 32.7. The standard InChI is InChI=1S/C46H36N2OS2/c1-30-24-31(2)44(32(3)25-30)34-26-35(46-48-40-19-8-10-22-43(40)51-46)29-37(28-34)49-36-15-13-14-33(27-36)45(41-20-11-12-23-47-41)39-18-7-9-21-42(39)50-38-16-5-4-6-17-38/h4-29,45H,1-3H3/t45-/m0/s1. The molecule has 5 heteroatoms. The summed E-state index contributed by atoms with van der Waals surface area (Å²) in [7, 11) is 0. The fourth-order valence-electron chi connectivity index (χ4n) is 6.93. The molecular weight excluding hydrogens is 661 g/mol. The molecule has 248 valence electrons. The molecular formula is C46H36N2OS2. The highest BCUT2D eigenvalue weighted by molar-refractivity contribution is 7.99. The number of para-hydroxylation sites is 1. The van der Waals surface area contributed by atoms with Gasteiger partial charge in [-0.25, -0.2) is 4.98 Å². The number of hydrogen-bond donors (Lipinski definition) is 0. The summed E-state index contributed by atoms with van der Waals surface area (Å²) < 4.78 is 7.99. The molecule has 0 aliphatic heterocycles. The van der Waals surface area contributed by atoms with Crippen molar-refractivity contribution in [1.82, 2.24) is 9.97 Å². The second-order valence-corrected chi connectivity index (χ2v) is 15.0. The summed E-state index contributed by atoms with van der Waals surface area (Å²) >= 11 is 3.49. The maximum Gasteiger partial charge on any atom is 0.128 e. The SMILES string of the molecule is Cc1cc(C)c(-c2cc(Oc3cccc([C@H](c4ccccn4)c4ccccc4Sc4ccccc4)c3)cc(-c3nc4ccccc4s3)c2)c(C)c1. The molecule has 0 aliphatic rings. The van der Waals surface area contributed by atoms with Crippen molar-refractivity contribution in [2.24, 2.45) is 0 Å². The van der Waals surface area contributed by atoms with Crippen LogP contribution in [-0.2, 0) is 0 Å². The first-order chi connectivity index (χ1) is 25.0. The summed E-state index contributed by atoms with van der Waals surface area (Å²) in [5, 5.41) is 0.974. The summed E-state index contributed by atoms with van der Waals surface area (Å²) in [5.41, 5.74) is 11.4.